The van der Waals surface area contributed by atoms with Gasteiger partial charge in [0, 0.05) is 31.7 Å². The molecule has 5 nitrogen and oxygen atoms in total. The molecule has 0 spiro atoms. The molecule has 2 rings (SSSR count). The average Bonchev–Trinajstić information content (AvgIpc) is 2.36. The zero-order chi connectivity index (χ0) is 13.1. The summed E-state index contributed by atoms with van der Waals surface area (Å²) >= 11 is 0. The maximum absolute atomic E-state index is 4.61. The molecule has 18 heavy (non-hydrogen) atoms. The van der Waals surface area contributed by atoms with Crippen LogP contribution in [0.25, 0.3) is 0 Å². The van der Waals surface area contributed by atoms with E-state index in [0.717, 1.165) is 31.3 Å². The highest BCUT2D eigenvalue weighted by Crippen LogP contribution is 2.19. The summed E-state index contributed by atoms with van der Waals surface area (Å²) in [6.07, 6.45) is 3.63. The number of nitrogens with zero attached hydrogens (tertiary/aromatic N) is 4. The van der Waals surface area contributed by atoms with Crippen LogP contribution in [0.3, 0.4) is 0 Å². The summed E-state index contributed by atoms with van der Waals surface area (Å²) in [5.41, 5.74) is 0. The van der Waals surface area contributed by atoms with Gasteiger partial charge in [-0.15, -0.1) is 0 Å². The number of nitrogens with one attached hydrogen (secondary N) is 1. The Kier molecular flexibility index (Phi) is 4.01. The fraction of sp³-hybridized carbons (Fsp3) is 0.692. The van der Waals surface area contributed by atoms with Gasteiger partial charge < -0.3 is 10.2 Å². The van der Waals surface area contributed by atoms with Crippen LogP contribution in [-0.2, 0) is 0 Å². The Hall–Kier alpha value is -1.36. The monoisotopic (exact) mass is 249 g/mol. The summed E-state index contributed by atoms with van der Waals surface area (Å²) in [4.78, 5) is 13.6. The maximum atomic E-state index is 4.61. The number of rotatable bonds is 3. The molecule has 100 valence electrons. The Morgan fingerprint density at radius 1 is 1.28 bits per heavy atom. The Labute approximate surface area is 109 Å². The topological polar surface area (TPSA) is 44.3 Å². The van der Waals surface area contributed by atoms with E-state index < -0.39 is 0 Å². The highest BCUT2D eigenvalue weighted by atomic mass is 15.3. The first-order valence-electron chi connectivity index (χ1n) is 6.64. The SMILES string of the molecule is CCNc1cncc(N2CC(C)N(C)C(C)C2)n1. The van der Waals surface area contributed by atoms with Crippen molar-refractivity contribution in [3.63, 3.8) is 0 Å². The molecule has 1 aliphatic heterocycles. The van der Waals surface area contributed by atoms with Crippen LogP contribution in [0.4, 0.5) is 11.6 Å². The van der Waals surface area contributed by atoms with Gasteiger partial charge in [0.25, 0.3) is 0 Å². The zero-order valence-corrected chi connectivity index (χ0v) is 11.7. The van der Waals surface area contributed by atoms with Crippen LogP contribution in [0.1, 0.15) is 20.8 Å². The molecule has 5 heteroatoms. The minimum absolute atomic E-state index is 0.540. The molecule has 1 aromatic rings. The molecule has 0 aliphatic carbocycles. The van der Waals surface area contributed by atoms with Crippen LogP contribution < -0.4 is 10.2 Å². The van der Waals surface area contributed by atoms with Crippen LogP contribution in [0.2, 0.25) is 0 Å². The predicted molar refractivity (Wildman–Crippen MR) is 75.1 cm³/mol. The summed E-state index contributed by atoms with van der Waals surface area (Å²) in [6, 6.07) is 1.08. The van der Waals surface area contributed by atoms with Crippen LogP contribution in [0, 0.1) is 0 Å². The molecule has 1 N–H and O–H groups in total. The molecule has 0 aromatic carbocycles. The number of hydrogen-bond donors (Lipinski definition) is 1. The lowest BCUT2D eigenvalue weighted by atomic mass is 10.1. The van der Waals surface area contributed by atoms with Gasteiger partial charge in [0.2, 0.25) is 0 Å². The van der Waals surface area contributed by atoms with Crippen molar-refractivity contribution in [2.75, 3.05) is 36.9 Å². The summed E-state index contributed by atoms with van der Waals surface area (Å²) in [5, 5.41) is 3.21. The Balaban J connectivity index is 2.13. The van der Waals surface area contributed by atoms with E-state index >= 15 is 0 Å². The highest BCUT2D eigenvalue weighted by molar-refractivity contribution is 5.44. The lowest BCUT2D eigenvalue weighted by Gasteiger charge is -2.42. The van der Waals surface area contributed by atoms with Crippen LogP contribution in [-0.4, -0.2) is 53.6 Å². The van der Waals surface area contributed by atoms with Crippen molar-refractivity contribution in [2.24, 2.45) is 0 Å². The number of anilines is 2. The van der Waals surface area contributed by atoms with E-state index in [9.17, 15) is 0 Å². The predicted octanol–water partition coefficient (Wildman–Crippen LogP) is 1.44. The molecule has 0 bridgehead atoms. The fourth-order valence-corrected chi connectivity index (χ4v) is 2.37. The number of likely N-dealkylation sites (N-methyl/N-ethyl adjacent to an activating group) is 1. The smallest absolute Gasteiger partial charge is 0.149 e. The van der Waals surface area contributed by atoms with E-state index in [0.29, 0.717) is 12.1 Å². The van der Waals surface area contributed by atoms with Gasteiger partial charge in [0.05, 0.1) is 12.4 Å². The first-order valence-corrected chi connectivity index (χ1v) is 6.64. The van der Waals surface area contributed by atoms with Crippen molar-refractivity contribution in [2.45, 2.75) is 32.9 Å². The molecule has 1 fully saturated rings. The second kappa shape index (κ2) is 5.52. The minimum Gasteiger partial charge on any atom is -0.369 e. The summed E-state index contributed by atoms with van der Waals surface area (Å²) < 4.78 is 0. The molecule has 2 atom stereocenters. The Morgan fingerprint density at radius 2 is 1.94 bits per heavy atom. The van der Waals surface area contributed by atoms with Crippen molar-refractivity contribution < 1.29 is 0 Å². The lowest BCUT2D eigenvalue weighted by Crippen LogP contribution is -2.55. The summed E-state index contributed by atoms with van der Waals surface area (Å²) in [6.45, 7) is 9.45. The average molecular weight is 249 g/mol. The van der Waals surface area contributed by atoms with E-state index in [1.165, 1.54) is 0 Å². The molecule has 2 unspecified atom stereocenters. The van der Waals surface area contributed by atoms with E-state index in [1.807, 2.05) is 6.20 Å². The number of aromatic nitrogens is 2. The standard InChI is InChI=1S/C13H23N5/c1-5-15-12-6-14-7-13(16-12)18-8-10(2)17(4)11(3)9-18/h6-7,10-11H,5,8-9H2,1-4H3,(H,15,16). The van der Waals surface area contributed by atoms with Gasteiger partial charge in [0.1, 0.15) is 11.6 Å². The fourth-order valence-electron chi connectivity index (χ4n) is 2.37. The third kappa shape index (κ3) is 2.72. The molecule has 0 saturated carbocycles. The Morgan fingerprint density at radius 3 is 2.56 bits per heavy atom. The van der Waals surface area contributed by atoms with Crippen LogP contribution >= 0.6 is 0 Å². The third-order valence-electron chi connectivity index (χ3n) is 3.66. The van der Waals surface area contributed by atoms with Gasteiger partial charge in [0.15, 0.2) is 0 Å². The first kappa shape index (κ1) is 13.1. The second-order valence-electron chi connectivity index (χ2n) is 5.06. The van der Waals surface area contributed by atoms with Gasteiger partial charge >= 0.3 is 0 Å². The van der Waals surface area contributed by atoms with E-state index in [1.54, 1.807) is 6.20 Å². The van der Waals surface area contributed by atoms with E-state index in [4.69, 9.17) is 0 Å². The van der Waals surface area contributed by atoms with Gasteiger partial charge in [-0.3, -0.25) is 9.88 Å². The lowest BCUT2D eigenvalue weighted by molar-refractivity contribution is 0.169. The zero-order valence-electron chi connectivity index (χ0n) is 11.7. The van der Waals surface area contributed by atoms with Crippen molar-refractivity contribution >= 4 is 11.6 Å². The molecule has 1 aromatic heterocycles. The first-order chi connectivity index (χ1) is 8.61. The van der Waals surface area contributed by atoms with Crippen molar-refractivity contribution in [1.29, 1.82) is 0 Å². The van der Waals surface area contributed by atoms with Gasteiger partial charge in [-0.2, -0.15) is 0 Å². The molecule has 1 saturated heterocycles. The van der Waals surface area contributed by atoms with Gasteiger partial charge in [-0.1, -0.05) is 0 Å². The quantitative estimate of drug-likeness (QED) is 0.878. The van der Waals surface area contributed by atoms with Gasteiger partial charge in [-0.25, -0.2) is 4.98 Å². The molecule has 0 amide bonds. The van der Waals surface area contributed by atoms with Crippen molar-refractivity contribution in [3.05, 3.63) is 12.4 Å². The van der Waals surface area contributed by atoms with E-state index in [2.05, 4.69) is 52.9 Å². The molecular weight excluding hydrogens is 226 g/mol. The third-order valence-corrected chi connectivity index (χ3v) is 3.66. The largest absolute Gasteiger partial charge is 0.369 e. The number of piperazine rings is 1. The van der Waals surface area contributed by atoms with Crippen molar-refractivity contribution in [3.8, 4) is 0 Å². The van der Waals surface area contributed by atoms with Crippen LogP contribution in [0.15, 0.2) is 12.4 Å². The van der Waals surface area contributed by atoms with E-state index in [-0.39, 0.29) is 0 Å². The molecular formula is C13H23N5. The maximum Gasteiger partial charge on any atom is 0.149 e. The summed E-state index contributed by atoms with van der Waals surface area (Å²) in [5.74, 6) is 1.83. The summed E-state index contributed by atoms with van der Waals surface area (Å²) in [7, 11) is 2.19. The molecule has 0 radical (unpaired) electrons. The second-order valence-corrected chi connectivity index (χ2v) is 5.06. The normalized spacial score (nSPS) is 25.2. The molecule has 2 heterocycles. The minimum atomic E-state index is 0.540. The van der Waals surface area contributed by atoms with Crippen LogP contribution in [0.5, 0.6) is 0 Å². The molecule has 1 aliphatic rings. The van der Waals surface area contributed by atoms with Gasteiger partial charge in [-0.05, 0) is 27.8 Å². The number of hydrogen-bond acceptors (Lipinski definition) is 5. The highest BCUT2D eigenvalue weighted by Gasteiger charge is 2.27. The van der Waals surface area contributed by atoms with Crippen molar-refractivity contribution in [1.82, 2.24) is 14.9 Å². The Bertz CT molecular complexity index is 383.